The van der Waals surface area contributed by atoms with E-state index in [0.29, 0.717) is 35.8 Å². The summed E-state index contributed by atoms with van der Waals surface area (Å²) >= 11 is 0. The van der Waals surface area contributed by atoms with Crippen LogP contribution in [0.1, 0.15) is 12.0 Å². The highest BCUT2D eigenvalue weighted by molar-refractivity contribution is 5.90. The van der Waals surface area contributed by atoms with E-state index in [1.54, 1.807) is 52.6 Å². The van der Waals surface area contributed by atoms with Gasteiger partial charge in [-0.2, -0.15) is 0 Å². The number of ether oxygens (including phenoxy) is 3. The maximum Gasteiger partial charge on any atom is 0.259 e. The SMILES string of the molecule is COc1ccc(CCC(=O)Nc2ccc(OCC(=O)N(C)C)cc2)cc1OC. The van der Waals surface area contributed by atoms with Crippen LogP contribution in [0.3, 0.4) is 0 Å². The second-order valence-corrected chi connectivity index (χ2v) is 6.34. The van der Waals surface area contributed by atoms with Gasteiger partial charge in [0.05, 0.1) is 14.2 Å². The number of rotatable bonds is 9. The Kier molecular flexibility index (Phi) is 7.68. The zero-order valence-electron chi connectivity index (χ0n) is 16.7. The molecule has 28 heavy (non-hydrogen) atoms. The Morgan fingerprint density at radius 3 is 2.25 bits per heavy atom. The number of anilines is 1. The molecule has 7 nitrogen and oxygen atoms in total. The Balaban J connectivity index is 1.83. The molecule has 150 valence electrons. The van der Waals surface area contributed by atoms with Crippen molar-refractivity contribution in [2.45, 2.75) is 12.8 Å². The Labute approximate surface area is 165 Å². The molecule has 2 aromatic carbocycles. The summed E-state index contributed by atoms with van der Waals surface area (Å²) in [5, 5.41) is 2.85. The Bertz CT molecular complexity index is 803. The third kappa shape index (κ3) is 6.19. The highest BCUT2D eigenvalue weighted by Gasteiger charge is 2.08. The van der Waals surface area contributed by atoms with Crippen molar-refractivity contribution >= 4 is 17.5 Å². The minimum atomic E-state index is -0.118. The minimum Gasteiger partial charge on any atom is -0.493 e. The van der Waals surface area contributed by atoms with Crippen molar-refractivity contribution in [1.82, 2.24) is 4.90 Å². The average Bonchev–Trinajstić information content (AvgIpc) is 2.71. The van der Waals surface area contributed by atoms with E-state index < -0.39 is 0 Å². The molecule has 0 saturated carbocycles. The van der Waals surface area contributed by atoms with Gasteiger partial charge in [-0.3, -0.25) is 9.59 Å². The number of likely N-dealkylation sites (N-methyl/N-ethyl adjacent to an activating group) is 1. The van der Waals surface area contributed by atoms with E-state index in [1.165, 1.54) is 4.90 Å². The molecule has 2 aromatic rings. The lowest BCUT2D eigenvalue weighted by atomic mass is 10.1. The summed E-state index contributed by atoms with van der Waals surface area (Å²) in [7, 11) is 6.51. The van der Waals surface area contributed by atoms with E-state index in [0.717, 1.165) is 5.56 Å². The molecule has 0 radical (unpaired) electrons. The molecular weight excluding hydrogens is 360 g/mol. The fourth-order valence-corrected chi connectivity index (χ4v) is 2.43. The fraction of sp³-hybridized carbons (Fsp3) is 0.333. The molecule has 0 aliphatic heterocycles. The van der Waals surface area contributed by atoms with Gasteiger partial charge in [-0.25, -0.2) is 0 Å². The lowest BCUT2D eigenvalue weighted by Crippen LogP contribution is -2.27. The molecule has 0 aliphatic carbocycles. The summed E-state index contributed by atoms with van der Waals surface area (Å²) in [6.45, 7) is -0.0238. The zero-order chi connectivity index (χ0) is 20.5. The van der Waals surface area contributed by atoms with Gasteiger partial charge in [0.15, 0.2) is 18.1 Å². The molecule has 0 fully saturated rings. The maximum atomic E-state index is 12.2. The number of nitrogens with zero attached hydrogens (tertiary/aromatic N) is 1. The average molecular weight is 386 g/mol. The van der Waals surface area contributed by atoms with Gasteiger partial charge < -0.3 is 24.4 Å². The summed E-state index contributed by atoms with van der Waals surface area (Å²) in [6.07, 6.45) is 0.922. The van der Waals surface area contributed by atoms with E-state index in [-0.39, 0.29) is 18.4 Å². The van der Waals surface area contributed by atoms with Gasteiger partial charge in [0.2, 0.25) is 5.91 Å². The largest absolute Gasteiger partial charge is 0.493 e. The van der Waals surface area contributed by atoms with Crippen molar-refractivity contribution < 1.29 is 23.8 Å². The van der Waals surface area contributed by atoms with Gasteiger partial charge in [0.25, 0.3) is 5.91 Å². The van der Waals surface area contributed by atoms with Crippen molar-refractivity contribution in [3.8, 4) is 17.2 Å². The lowest BCUT2D eigenvalue weighted by molar-refractivity contribution is -0.130. The van der Waals surface area contributed by atoms with Crippen molar-refractivity contribution in [3.63, 3.8) is 0 Å². The van der Waals surface area contributed by atoms with Crippen LogP contribution in [0.4, 0.5) is 5.69 Å². The molecule has 0 saturated heterocycles. The first-order valence-corrected chi connectivity index (χ1v) is 8.86. The van der Waals surface area contributed by atoms with Gasteiger partial charge in [0.1, 0.15) is 5.75 Å². The van der Waals surface area contributed by atoms with Gasteiger partial charge >= 0.3 is 0 Å². The molecule has 0 bridgehead atoms. The Morgan fingerprint density at radius 2 is 1.64 bits per heavy atom. The summed E-state index contributed by atoms with van der Waals surface area (Å²) in [6, 6.07) is 12.5. The van der Waals surface area contributed by atoms with Gasteiger partial charge in [-0.05, 0) is 48.4 Å². The van der Waals surface area contributed by atoms with Crippen LogP contribution in [0.5, 0.6) is 17.2 Å². The summed E-state index contributed by atoms with van der Waals surface area (Å²) in [5.41, 5.74) is 1.66. The molecule has 0 atom stereocenters. The number of aryl methyl sites for hydroxylation is 1. The zero-order valence-corrected chi connectivity index (χ0v) is 16.7. The lowest BCUT2D eigenvalue weighted by Gasteiger charge is -2.12. The van der Waals surface area contributed by atoms with Crippen LogP contribution >= 0.6 is 0 Å². The number of benzene rings is 2. The molecule has 0 spiro atoms. The highest BCUT2D eigenvalue weighted by atomic mass is 16.5. The molecule has 1 N–H and O–H groups in total. The molecule has 2 amide bonds. The van der Waals surface area contributed by atoms with Crippen LogP contribution in [-0.4, -0.2) is 51.6 Å². The van der Waals surface area contributed by atoms with Crippen molar-refractivity contribution in [2.24, 2.45) is 0 Å². The summed E-state index contributed by atoms with van der Waals surface area (Å²) in [5.74, 6) is 1.66. The maximum absolute atomic E-state index is 12.2. The third-order valence-electron chi connectivity index (χ3n) is 4.09. The first-order chi connectivity index (χ1) is 13.4. The fourth-order valence-electron chi connectivity index (χ4n) is 2.43. The smallest absolute Gasteiger partial charge is 0.259 e. The van der Waals surface area contributed by atoms with Crippen LogP contribution in [0, 0.1) is 0 Å². The van der Waals surface area contributed by atoms with E-state index >= 15 is 0 Å². The van der Waals surface area contributed by atoms with Gasteiger partial charge in [0, 0.05) is 26.2 Å². The number of carbonyl (C=O) groups excluding carboxylic acids is 2. The number of hydrogen-bond donors (Lipinski definition) is 1. The number of nitrogens with one attached hydrogen (secondary N) is 1. The van der Waals surface area contributed by atoms with E-state index in [4.69, 9.17) is 14.2 Å². The van der Waals surface area contributed by atoms with Crippen LogP contribution in [0.25, 0.3) is 0 Å². The van der Waals surface area contributed by atoms with E-state index in [1.807, 2.05) is 18.2 Å². The predicted molar refractivity (Wildman–Crippen MR) is 107 cm³/mol. The molecule has 0 heterocycles. The summed E-state index contributed by atoms with van der Waals surface area (Å²) in [4.78, 5) is 25.2. The normalized spacial score (nSPS) is 10.1. The van der Waals surface area contributed by atoms with E-state index in [2.05, 4.69) is 5.32 Å². The van der Waals surface area contributed by atoms with Gasteiger partial charge in [-0.1, -0.05) is 6.07 Å². The van der Waals surface area contributed by atoms with Crippen LogP contribution < -0.4 is 19.5 Å². The van der Waals surface area contributed by atoms with Crippen molar-refractivity contribution in [3.05, 3.63) is 48.0 Å². The quantitative estimate of drug-likeness (QED) is 0.717. The van der Waals surface area contributed by atoms with Crippen LogP contribution in [0.15, 0.2) is 42.5 Å². The number of amides is 2. The topological polar surface area (TPSA) is 77.1 Å². The minimum absolute atomic E-state index is 0.0238. The monoisotopic (exact) mass is 386 g/mol. The van der Waals surface area contributed by atoms with Crippen LogP contribution in [0.2, 0.25) is 0 Å². The molecule has 0 aliphatic rings. The van der Waals surface area contributed by atoms with Gasteiger partial charge in [-0.15, -0.1) is 0 Å². The Hall–Kier alpha value is -3.22. The molecule has 0 aromatic heterocycles. The molecule has 2 rings (SSSR count). The van der Waals surface area contributed by atoms with E-state index in [9.17, 15) is 9.59 Å². The van der Waals surface area contributed by atoms with Crippen LogP contribution in [-0.2, 0) is 16.0 Å². The third-order valence-corrected chi connectivity index (χ3v) is 4.09. The van der Waals surface area contributed by atoms with Crippen molar-refractivity contribution in [1.29, 1.82) is 0 Å². The number of methoxy groups -OCH3 is 2. The first-order valence-electron chi connectivity index (χ1n) is 8.86. The highest BCUT2D eigenvalue weighted by Crippen LogP contribution is 2.28. The van der Waals surface area contributed by atoms with Crippen molar-refractivity contribution in [2.75, 3.05) is 40.2 Å². The predicted octanol–water partition coefficient (Wildman–Crippen LogP) is 2.74. The Morgan fingerprint density at radius 1 is 0.964 bits per heavy atom. The second kappa shape index (κ2) is 10.2. The first kappa shape index (κ1) is 21.1. The standard InChI is InChI=1S/C21H26N2O5/c1-23(2)21(25)14-28-17-9-7-16(8-10-17)22-20(24)12-6-15-5-11-18(26-3)19(13-15)27-4/h5,7-11,13H,6,12,14H2,1-4H3,(H,22,24). The summed E-state index contributed by atoms with van der Waals surface area (Å²) < 4.78 is 15.9. The molecule has 7 heteroatoms. The molecular formula is C21H26N2O5. The number of hydrogen-bond acceptors (Lipinski definition) is 5. The number of carbonyl (C=O) groups is 2. The second-order valence-electron chi connectivity index (χ2n) is 6.34. The molecule has 0 unspecified atom stereocenters.